The first-order valence-corrected chi connectivity index (χ1v) is 9.21. The number of ether oxygens (including phenoxy) is 2. The van der Waals surface area contributed by atoms with Gasteiger partial charge in [-0.25, -0.2) is 0 Å². The lowest BCUT2D eigenvalue weighted by Crippen LogP contribution is -2.52. The van der Waals surface area contributed by atoms with E-state index in [9.17, 15) is 9.59 Å². The van der Waals surface area contributed by atoms with Crippen LogP contribution < -0.4 is 11.1 Å². The number of epoxide rings is 1. The summed E-state index contributed by atoms with van der Waals surface area (Å²) in [6.07, 6.45) is 6.42. The minimum absolute atomic E-state index is 0.0266. The maximum Gasteiger partial charge on any atom is 0.237 e. The van der Waals surface area contributed by atoms with Crippen molar-refractivity contribution in [3.63, 3.8) is 0 Å². The Morgan fingerprint density at radius 3 is 2.64 bits per heavy atom. The van der Waals surface area contributed by atoms with E-state index in [1.165, 1.54) is 5.57 Å². The standard InChI is InChI=1S/C19H32N2O4/c1-12(13(2)24-4)9-15(20)18(23)21-16(10-14-7-5-6-8-14)17(22)19(3)11-25-19/h7,12-13,15-16H,5-6,8-11,20H2,1-4H3,(H,21,23)/t12?,13-,15+,16+,19-/m1/s1. The monoisotopic (exact) mass is 352 g/mol. The zero-order chi connectivity index (χ0) is 18.6. The fraction of sp³-hybridized carbons (Fsp3) is 0.789. The maximum absolute atomic E-state index is 12.7. The summed E-state index contributed by atoms with van der Waals surface area (Å²) in [6, 6.07) is -1.22. The first-order valence-electron chi connectivity index (χ1n) is 9.21. The van der Waals surface area contributed by atoms with Gasteiger partial charge in [-0.05, 0) is 51.9 Å². The van der Waals surface area contributed by atoms with Crippen LogP contribution >= 0.6 is 0 Å². The Hall–Kier alpha value is -1.24. The quantitative estimate of drug-likeness (QED) is 0.461. The molecule has 0 bridgehead atoms. The number of methoxy groups -OCH3 is 1. The number of ketones is 1. The summed E-state index contributed by atoms with van der Waals surface area (Å²) >= 11 is 0. The van der Waals surface area contributed by atoms with E-state index in [-0.39, 0.29) is 23.7 Å². The van der Waals surface area contributed by atoms with Crippen LogP contribution in [0.4, 0.5) is 0 Å². The highest BCUT2D eigenvalue weighted by atomic mass is 16.6. The summed E-state index contributed by atoms with van der Waals surface area (Å²) < 4.78 is 10.6. The molecule has 1 aliphatic carbocycles. The number of carbonyl (C=O) groups excluding carboxylic acids is 2. The van der Waals surface area contributed by atoms with Crippen molar-refractivity contribution >= 4 is 11.7 Å². The van der Waals surface area contributed by atoms with Crippen LogP contribution in [0.25, 0.3) is 0 Å². The van der Waals surface area contributed by atoms with Gasteiger partial charge in [0.05, 0.1) is 24.8 Å². The molecule has 0 radical (unpaired) electrons. The second-order valence-corrected chi connectivity index (χ2v) is 7.66. The summed E-state index contributed by atoms with van der Waals surface area (Å²) in [6.45, 7) is 6.16. The summed E-state index contributed by atoms with van der Waals surface area (Å²) in [7, 11) is 1.65. The zero-order valence-corrected chi connectivity index (χ0v) is 15.8. The van der Waals surface area contributed by atoms with Crippen LogP contribution in [0.3, 0.4) is 0 Å². The molecule has 1 fully saturated rings. The molecule has 2 rings (SSSR count). The zero-order valence-electron chi connectivity index (χ0n) is 15.8. The Morgan fingerprint density at radius 2 is 2.12 bits per heavy atom. The molecule has 2 aliphatic rings. The summed E-state index contributed by atoms with van der Waals surface area (Å²) in [5.74, 6) is -0.183. The lowest BCUT2D eigenvalue weighted by molar-refractivity contribution is -0.131. The first kappa shape index (κ1) is 20.1. The molecule has 142 valence electrons. The molecule has 5 atom stereocenters. The molecule has 0 saturated carbocycles. The topological polar surface area (TPSA) is 93.9 Å². The third-order valence-electron chi connectivity index (χ3n) is 5.47. The number of hydrogen-bond donors (Lipinski definition) is 2. The van der Waals surface area contributed by atoms with E-state index in [2.05, 4.69) is 11.4 Å². The lowest BCUT2D eigenvalue weighted by atomic mass is 9.93. The van der Waals surface area contributed by atoms with Gasteiger partial charge >= 0.3 is 0 Å². The molecule has 0 spiro atoms. The van der Waals surface area contributed by atoms with E-state index < -0.39 is 17.7 Å². The highest BCUT2D eigenvalue weighted by Gasteiger charge is 2.50. The van der Waals surface area contributed by atoms with Gasteiger partial charge in [-0.3, -0.25) is 9.59 Å². The largest absolute Gasteiger partial charge is 0.381 e. The van der Waals surface area contributed by atoms with E-state index in [1.54, 1.807) is 14.0 Å². The van der Waals surface area contributed by atoms with Crippen molar-refractivity contribution in [3.8, 4) is 0 Å². The van der Waals surface area contributed by atoms with Gasteiger partial charge in [0.1, 0.15) is 5.60 Å². The molecular formula is C19H32N2O4. The minimum atomic E-state index is -0.751. The fourth-order valence-electron chi connectivity index (χ4n) is 3.22. The van der Waals surface area contributed by atoms with Gasteiger partial charge in [0.15, 0.2) is 5.78 Å². The molecular weight excluding hydrogens is 320 g/mol. The second kappa shape index (κ2) is 8.43. The molecule has 25 heavy (non-hydrogen) atoms. The Balaban J connectivity index is 1.97. The van der Waals surface area contributed by atoms with Crippen LogP contribution in [0.15, 0.2) is 11.6 Å². The number of rotatable bonds is 10. The predicted molar refractivity (Wildman–Crippen MR) is 96.1 cm³/mol. The third kappa shape index (κ3) is 5.36. The van der Waals surface area contributed by atoms with Crippen molar-refractivity contribution in [2.24, 2.45) is 11.7 Å². The first-order chi connectivity index (χ1) is 11.8. The normalized spacial score (nSPS) is 27.2. The molecule has 6 heteroatoms. The Morgan fingerprint density at radius 1 is 1.44 bits per heavy atom. The highest BCUT2D eigenvalue weighted by Crippen LogP contribution is 2.31. The van der Waals surface area contributed by atoms with Crippen molar-refractivity contribution in [1.29, 1.82) is 0 Å². The van der Waals surface area contributed by atoms with Crippen LogP contribution in [0, 0.1) is 5.92 Å². The molecule has 3 N–H and O–H groups in total. The van der Waals surface area contributed by atoms with Crippen molar-refractivity contribution in [1.82, 2.24) is 5.32 Å². The predicted octanol–water partition coefficient (Wildman–Crippen LogP) is 1.72. The summed E-state index contributed by atoms with van der Waals surface area (Å²) in [4.78, 5) is 25.3. The van der Waals surface area contributed by atoms with Crippen LogP contribution in [0.1, 0.15) is 52.9 Å². The van der Waals surface area contributed by atoms with Gasteiger partial charge in [-0.2, -0.15) is 0 Å². The van der Waals surface area contributed by atoms with E-state index in [4.69, 9.17) is 15.2 Å². The van der Waals surface area contributed by atoms with E-state index in [0.29, 0.717) is 19.4 Å². The fourth-order valence-corrected chi connectivity index (χ4v) is 3.22. The smallest absolute Gasteiger partial charge is 0.237 e. The molecule has 1 saturated heterocycles. The van der Waals surface area contributed by atoms with Gasteiger partial charge in [-0.15, -0.1) is 0 Å². The van der Waals surface area contributed by atoms with Crippen LogP contribution in [0.2, 0.25) is 0 Å². The van der Waals surface area contributed by atoms with E-state index in [0.717, 1.165) is 19.3 Å². The number of Topliss-reactive ketones (excluding diaryl/α,β-unsaturated/α-hetero) is 1. The van der Waals surface area contributed by atoms with Gasteiger partial charge in [0.25, 0.3) is 0 Å². The van der Waals surface area contributed by atoms with Gasteiger partial charge < -0.3 is 20.5 Å². The average molecular weight is 352 g/mol. The molecule has 1 aliphatic heterocycles. The lowest BCUT2D eigenvalue weighted by Gasteiger charge is -2.25. The second-order valence-electron chi connectivity index (χ2n) is 7.66. The molecule has 1 heterocycles. The van der Waals surface area contributed by atoms with Crippen molar-refractivity contribution in [2.75, 3.05) is 13.7 Å². The van der Waals surface area contributed by atoms with Gasteiger partial charge in [0, 0.05) is 7.11 Å². The Labute approximate surface area is 150 Å². The van der Waals surface area contributed by atoms with Crippen molar-refractivity contribution in [3.05, 3.63) is 11.6 Å². The van der Waals surface area contributed by atoms with Crippen LogP contribution in [0.5, 0.6) is 0 Å². The van der Waals surface area contributed by atoms with Gasteiger partial charge in [0.2, 0.25) is 5.91 Å². The number of hydrogen-bond acceptors (Lipinski definition) is 5. The molecule has 0 aromatic rings. The number of allylic oxidation sites excluding steroid dienone is 1. The third-order valence-corrected chi connectivity index (χ3v) is 5.47. The van der Waals surface area contributed by atoms with Crippen molar-refractivity contribution < 1.29 is 19.1 Å². The van der Waals surface area contributed by atoms with Crippen LogP contribution in [-0.2, 0) is 19.1 Å². The molecule has 1 amide bonds. The molecule has 6 nitrogen and oxygen atoms in total. The van der Waals surface area contributed by atoms with Crippen molar-refractivity contribution in [2.45, 2.75) is 76.7 Å². The molecule has 1 unspecified atom stereocenters. The van der Waals surface area contributed by atoms with E-state index >= 15 is 0 Å². The number of nitrogens with two attached hydrogens (primary N) is 1. The van der Waals surface area contributed by atoms with Gasteiger partial charge in [-0.1, -0.05) is 18.6 Å². The SMILES string of the molecule is CO[C@H](C)C(C)C[C@H](N)C(=O)N[C@@H](CC1=CCCC1)C(=O)[C@@]1(C)CO1. The number of amides is 1. The maximum atomic E-state index is 12.7. The number of carbonyl (C=O) groups is 2. The minimum Gasteiger partial charge on any atom is -0.381 e. The van der Waals surface area contributed by atoms with E-state index in [1.807, 2.05) is 13.8 Å². The molecule has 0 aromatic carbocycles. The number of nitrogens with one attached hydrogen (secondary N) is 1. The molecule has 0 aromatic heterocycles. The Bertz CT molecular complexity index is 528. The van der Waals surface area contributed by atoms with Crippen LogP contribution in [-0.4, -0.2) is 49.2 Å². The summed E-state index contributed by atoms with van der Waals surface area (Å²) in [5.41, 5.74) is 6.55. The Kier molecular flexibility index (Phi) is 6.77. The average Bonchev–Trinajstić information content (AvgIpc) is 3.13. The summed E-state index contributed by atoms with van der Waals surface area (Å²) in [5, 5.41) is 2.88. The highest BCUT2D eigenvalue weighted by molar-refractivity contribution is 5.97.